The first-order chi connectivity index (χ1) is 20.5. The maximum absolute atomic E-state index is 6.15. The number of halogens is 7. The highest BCUT2D eigenvalue weighted by Crippen LogP contribution is 2.25. The summed E-state index contributed by atoms with van der Waals surface area (Å²) in [5.41, 5.74) is 10.0. The molecule has 0 aliphatic rings. The molecule has 0 spiro atoms. The van der Waals surface area contributed by atoms with Gasteiger partial charge in [-0.15, -0.1) is 0 Å². The monoisotopic (exact) mass is 782 g/mol. The van der Waals surface area contributed by atoms with Gasteiger partial charge in [0.05, 0.1) is 12.4 Å². The number of benzene rings is 2. The normalized spacial score (nSPS) is 9.83. The van der Waals surface area contributed by atoms with Crippen LogP contribution in [0.25, 0.3) is 22.1 Å². The Morgan fingerprint density at radius 2 is 1.11 bits per heavy atom. The van der Waals surface area contributed by atoms with Gasteiger partial charge in [-0.25, -0.2) is 15.0 Å². The highest BCUT2D eigenvalue weighted by atomic mass is 35.5. The second kappa shape index (κ2) is 20.0. The lowest BCUT2D eigenvalue weighted by molar-refractivity contribution is 0.795. The fourth-order valence-corrected chi connectivity index (χ4v) is 5.37. The van der Waals surface area contributed by atoms with E-state index in [0.717, 1.165) is 16.6 Å². The number of rotatable bonds is 4. The zero-order valence-electron chi connectivity index (χ0n) is 22.3. The van der Waals surface area contributed by atoms with Crippen molar-refractivity contribution in [2.45, 2.75) is 42.8 Å². The maximum atomic E-state index is 6.15. The third kappa shape index (κ3) is 11.5. The molecule has 0 saturated heterocycles. The van der Waals surface area contributed by atoms with Gasteiger partial charge in [0.25, 0.3) is 0 Å². The summed E-state index contributed by atoms with van der Waals surface area (Å²) >= 11 is 40.8. The van der Waals surface area contributed by atoms with Gasteiger partial charge in [0.1, 0.15) is 22.1 Å². The lowest BCUT2D eigenvalue weighted by Crippen LogP contribution is -2.05. The molecule has 6 aromatic rings. The standard InChI is InChI=1S/C13H10Cl3N5.C7H7Cl2N.C6H4Cl2N4.4CH4/c1-21-11-10(6-18-21)19-13(16)20-12(11)17-5-7-2-3-8(14)4-9(7)15;8-6-2-1-5(4-10)7(9)3-6;1-12-4-3(2-9-12)10-6(8)11-5(4)7;;;;/h2-4,6H,5H2,1H3,(H,17,19,20);1-3H,4,10H2;2H,1H3;4*1H4. The SMILES string of the molecule is C.C.C.C.Cn1ncc2nc(Cl)nc(Cl)c21.Cn1ncc2nc(Cl)nc(NCc3ccc(Cl)cc3Cl)c21.NCc1ccc(Cl)cc1Cl. The molecule has 0 aliphatic carbocycles. The van der Waals surface area contributed by atoms with E-state index in [1.54, 1.807) is 53.1 Å². The first-order valence-electron chi connectivity index (χ1n) is 12.1. The molecule has 6 rings (SSSR count). The lowest BCUT2D eigenvalue weighted by atomic mass is 10.2. The Labute approximate surface area is 310 Å². The van der Waals surface area contributed by atoms with Crippen LogP contribution in [0.3, 0.4) is 0 Å². The van der Waals surface area contributed by atoms with Crippen LogP contribution in [0.1, 0.15) is 40.8 Å². The number of fused-ring (bicyclic) bond motifs is 2. The zero-order valence-corrected chi connectivity index (χ0v) is 27.6. The van der Waals surface area contributed by atoms with Gasteiger partial charge in [-0.1, -0.05) is 99.8 Å². The van der Waals surface area contributed by atoms with Crippen LogP contribution in [0.4, 0.5) is 5.82 Å². The summed E-state index contributed by atoms with van der Waals surface area (Å²) in [6.07, 6.45) is 3.23. The molecule has 0 bridgehead atoms. The minimum absolute atomic E-state index is 0. The van der Waals surface area contributed by atoms with Gasteiger partial charge in [0, 0.05) is 47.3 Å². The van der Waals surface area contributed by atoms with E-state index >= 15 is 0 Å². The van der Waals surface area contributed by atoms with Crippen molar-refractivity contribution in [1.82, 2.24) is 39.5 Å². The molecule has 4 heterocycles. The average molecular weight is 786 g/mol. The Kier molecular flexibility index (Phi) is 18.8. The topological polar surface area (TPSA) is 125 Å². The number of hydrogen-bond donors (Lipinski definition) is 2. The molecule has 0 fully saturated rings. The summed E-state index contributed by atoms with van der Waals surface area (Å²) in [7, 11) is 3.59. The lowest BCUT2D eigenvalue weighted by Gasteiger charge is -2.09. The van der Waals surface area contributed by atoms with Gasteiger partial charge in [0.15, 0.2) is 11.0 Å². The number of aromatic nitrogens is 8. The van der Waals surface area contributed by atoms with Crippen LogP contribution in [0.2, 0.25) is 35.8 Å². The van der Waals surface area contributed by atoms with Crippen LogP contribution in [-0.4, -0.2) is 39.5 Å². The van der Waals surface area contributed by atoms with E-state index in [2.05, 4.69) is 35.5 Å². The fraction of sp³-hybridized carbons (Fsp3) is 0.267. The Morgan fingerprint density at radius 3 is 1.62 bits per heavy atom. The summed E-state index contributed by atoms with van der Waals surface area (Å²) in [5, 5.41) is 14.4. The first-order valence-corrected chi connectivity index (χ1v) is 14.8. The van der Waals surface area contributed by atoms with E-state index in [1.807, 2.05) is 19.2 Å². The van der Waals surface area contributed by atoms with E-state index in [-0.39, 0.29) is 40.3 Å². The minimum atomic E-state index is 0. The predicted molar refractivity (Wildman–Crippen MR) is 203 cm³/mol. The van der Waals surface area contributed by atoms with Gasteiger partial charge in [-0.05, 0) is 58.6 Å². The van der Waals surface area contributed by atoms with E-state index in [1.165, 1.54) is 0 Å². The minimum Gasteiger partial charge on any atom is -0.364 e. The van der Waals surface area contributed by atoms with Crippen molar-refractivity contribution in [2.24, 2.45) is 19.8 Å². The van der Waals surface area contributed by atoms with Crippen LogP contribution < -0.4 is 11.1 Å². The highest BCUT2D eigenvalue weighted by Gasteiger charge is 2.12. The molecule has 47 heavy (non-hydrogen) atoms. The zero-order chi connectivity index (χ0) is 31.3. The molecular formula is C30H37Cl7N10. The van der Waals surface area contributed by atoms with E-state index in [4.69, 9.17) is 86.9 Å². The molecule has 3 N–H and O–H groups in total. The average Bonchev–Trinajstić information content (AvgIpc) is 3.50. The molecule has 0 amide bonds. The first kappa shape index (κ1) is 44.3. The Balaban J connectivity index is 0.000000702. The summed E-state index contributed by atoms with van der Waals surface area (Å²) in [6.45, 7) is 0.944. The van der Waals surface area contributed by atoms with Gasteiger partial charge in [0.2, 0.25) is 10.6 Å². The Morgan fingerprint density at radius 1 is 0.638 bits per heavy atom. The fourth-order valence-electron chi connectivity index (χ4n) is 3.71. The second-order valence-electron chi connectivity index (χ2n) is 8.66. The summed E-state index contributed by atoms with van der Waals surface area (Å²) in [4.78, 5) is 16.1. The largest absolute Gasteiger partial charge is 0.364 e. The number of aryl methyl sites for hydroxylation is 2. The van der Waals surface area contributed by atoms with Crippen LogP contribution in [0.15, 0.2) is 48.8 Å². The van der Waals surface area contributed by atoms with Crippen molar-refractivity contribution in [3.63, 3.8) is 0 Å². The summed E-state index contributed by atoms with van der Waals surface area (Å²) in [6, 6.07) is 10.6. The number of anilines is 1. The predicted octanol–water partition coefficient (Wildman–Crippen LogP) is 10.6. The molecule has 0 aliphatic heterocycles. The molecule has 256 valence electrons. The van der Waals surface area contributed by atoms with Crippen LogP contribution in [0.5, 0.6) is 0 Å². The highest BCUT2D eigenvalue weighted by molar-refractivity contribution is 6.36. The Bertz CT molecular complexity index is 1890. The van der Waals surface area contributed by atoms with Crippen molar-refractivity contribution in [3.8, 4) is 0 Å². The number of hydrogen-bond acceptors (Lipinski definition) is 8. The van der Waals surface area contributed by atoms with Crippen molar-refractivity contribution in [2.75, 3.05) is 5.32 Å². The van der Waals surface area contributed by atoms with Gasteiger partial charge < -0.3 is 11.1 Å². The number of nitrogens with zero attached hydrogens (tertiary/aromatic N) is 8. The van der Waals surface area contributed by atoms with Crippen LogP contribution in [-0.2, 0) is 27.2 Å². The van der Waals surface area contributed by atoms with Crippen LogP contribution >= 0.6 is 81.2 Å². The smallest absolute Gasteiger partial charge is 0.225 e. The van der Waals surface area contributed by atoms with E-state index < -0.39 is 0 Å². The number of nitrogens with two attached hydrogens (primary N) is 1. The second-order valence-corrected chi connectivity index (χ2v) is 11.4. The van der Waals surface area contributed by atoms with E-state index in [9.17, 15) is 0 Å². The molecule has 17 heteroatoms. The molecule has 0 radical (unpaired) electrons. The molecule has 0 saturated carbocycles. The van der Waals surface area contributed by atoms with Crippen molar-refractivity contribution < 1.29 is 0 Å². The Hall–Kier alpha value is -2.67. The quantitative estimate of drug-likeness (QED) is 0.134. The van der Waals surface area contributed by atoms with Gasteiger partial charge in [-0.3, -0.25) is 9.36 Å². The van der Waals surface area contributed by atoms with Crippen molar-refractivity contribution in [1.29, 1.82) is 0 Å². The number of nitrogens with one attached hydrogen (secondary N) is 1. The third-order valence-electron chi connectivity index (χ3n) is 5.77. The van der Waals surface area contributed by atoms with Crippen molar-refractivity contribution >= 4 is 109 Å². The molecule has 2 aromatic carbocycles. The third-order valence-corrected chi connectivity index (χ3v) is 7.55. The van der Waals surface area contributed by atoms with Gasteiger partial charge >= 0.3 is 0 Å². The van der Waals surface area contributed by atoms with Crippen molar-refractivity contribution in [3.05, 3.63) is 95.7 Å². The van der Waals surface area contributed by atoms with Crippen LogP contribution in [0, 0.1) is 0 Å². The molecule has 10 nitrogen and oxygen atoms in total. The molecule has 0 atom stereocenters. The molecular weight excluding hydrogens is 749 g/mol. The summed E-state index contributed by atoms with van der Waals surface area (Å²) in [5.74, 6) is 0.607. The maximum Gasteiger partial charge on any atom is 0.225 e. The molecule has 0 unspecified atom stereocenters. The summed E-state index contributed by atoms with van der Waals surface area (Å²) < 4.78 is 3.30. The molecule has 4 aromatic heterocycles. The van der Waals surface area contributed by atoms with E-state index in [0.29, 0.717) is 60.7 Å². The van der Waals surface area contributed by atoms with Gasteiger partial charge in [-0.2, -0.15) is 15.2 Å².